The Kier molecular flexibility index (Phi) is 10.0. The van der Waals surface area contributed by atoms with Crippen LogP contribution in [0.4, 0.5) is 22.0 Å². The molecule has 0 heterocycles. The molecule has 0 atom stereocenters. The first-order valence-electron chi connectivity index (χ1n) is 6.51. The topological polar surface area (TPSA) is 0 Å². The van der Waals surface area contributed by atoms with Gasteiger partial charge in [0.1, 0.15) is 0 Å². The predicted octanol–water partition coefficient (Wildman–Crippen LogP) is 5.39. The second-order valence-electron chi connectivity index (χ2n) is 4.36. The third-order valence-electron chi connectivity index (χ3n) is 2.14. The van der Waals surface area contributed by atoms with Crippen LogP contribution < -0.4 is 0 Å². The van der Waals surface area contributed by atoms with Gasteiger partial charge in [-0.1, -0.05) is 40.7 Å². The van der Waals surface area contributed by atoms with Gasteiger partial charge in [0, 0.05) is 5.56 Å². The van der Waals surface area contributed by atoms with Gasteiger partial charge < -0.3 is 0 Å². The van der Waals surface area contributed by atoms with Gasteiger partial charge in [-0.25, -0.2) is 22.0 Å². The molecule has 0 fully saturated rings. The molecule has 1 rings (SSSR count). The van der Waals surface area contributed by atoms with Crippen LogP contribution in [0.1, 0.15) is 46.6 Å². The number of hydrogen-bond acceptors (Lipinski definition) is 0. The lowest BCUT2D eigenvalue weighted by molar-refractivity contribution is 0.363. The maximum Gasteiger partial charge on any atom is 0.200 e. The summed E-state index contributed by atoms with van der Waals surface area (Å²) in [5.41, 5.74) is -1.01. The van der Waals surface area contributed by atoms with Crippen LogP contribution in [-0.4, -0.2) is 7.85 Å². The molecule has 1 aromatic carbocycles. The Bertz CT molecular complexity index is 435. The maximum absolute atomic E-state index is 13.1. The largest absolute Gasteiger partial charge is 0.203 e. The molecule has 0 nitrogen and oxygen atoms in total. The molecule has 118 valence electrons. The first kappa shape index (κ1) is 22.0. The quantitative estimate of drug-likeness (QED) is 0.226. The molecule has 0 aliphatic carbocycles. The van der Waals surface area contributed by atoms with Crippen molar-refractivity contribution in [2.75, 3.05) is 0 Å². The predicted molar refractivity (Wildman–Crippen MR) is 76.8 cm³/mol. The van der Waals surface area contributed by atoms with E-state index >= 15 is 0 Å². The molecular weight excluding hydrogens is 286 g/mol. The molecule has 0 aliphatic rings. The second-order valence-corrected chi connectivity index (χ2v) is 4.36. The molecule has 0 bridgehead atoms. The summed E-state index contributed by atoms with van der Waals surface area (Å²) in [6, 6.07) is 0. The lowest BCUT2D eigenvalue weighted by Crippen LogP contribution is -2.23. The van der Waals surface area contributed by atoms with Gasteiger partial charge in [-0.2, -0.15) is 0 Å². The number of halogens is 5. The Morgan fingerprint density at radius 3 is 1.33 bits per heavy atom. The SMILES string of the molecule is C=CCC.CC.[B]C(C)(C)c1c(F)c(F)c(F)c(F)c1F. The highest BCUT2D eigenvalue weighted by molar-refractivity contribution is 6.15. The maximum atomic E-state index is 13.1. The van der Waals surface area contributed by atoms with Crippen LogP contribution >= 0.6 is 0 Å². The Labute approximate surface area is 124 Å². The highest BCUT2D eigenvalue weighted by atomic mass is 19.2. The summed E-state index contributed by atoms with van der Waals surface area (Å²) in [5, 5.41) is -1.65. The summed E-state index contributed by atoms with van der Waals surface area (Å²) in [6.45, 7) is 11.8. The van der Waals surface area contributed by atoms with E-state index in [0.29, 0.717) is 0 Å². The normalized spacial score (nSPS) is 10.0. The first-order valence-corrected chi connectivity index (χ1v) is 6.51. The van der Waals surface area contributed by atoms with Crippen LogP contribution in [0.25, 0.3) is 0 Å². The summed E-state index contributed by atoms with van der Waals surface area (Å²) >= 11 is 0. The third kappa shape index (κ3) is 5.90. The fourth-order valence-corrected chi connectivity index (χ4v) is 1.17. The van der Waals surface area contributed by atoms with Crippen molar-refractivity contribution in [3.8, 4) is 0 Å². The van der Waals surface area contributed by atoms with Gasteiger partial charge in [0.15, 0.2) is 23.3 Å². The summed E-state index contributed by atoms with van der Waals surface area (Å²) < 4.78 is 64.2. The average molecular weight is 306 g/mol. The highest BCUT2D eigenvalue weighted by Crippen LogP contribution is 2.30. The molecule has 0 spiro atoms. The van der Waals surface area contributed by atoms with Crippen LogP contribution in [0.3, 0.4) is 0 Å². The first-order chi connectivity index (χ1) is 9.59. The van der Waals surface area contributed by atoms with E-state index < -0.39 is 40.0 Å². The van der Waals surface area contributed by atoms with E-state index in [0.717, 1.165) is 20.3 Å². The fourth-order valence-electron chi connectivity index (χ4n) is 1.17. The van der Waals surface area contributed by atoms with Gasteiger partial charge >= 0.3 is 0 Å². The summed E-state index contributed by atoms with van der Waals surface area (Å²) in [4.78, 5) is 0. The van der Waals surface area contributed by atoms with E-state index in [-0.39, 0.29) is 0 Å². The van der Waals surface area contributed by atoms with Gasteiger partial charge in [0.2, 0.25) is 5.82 Å². The monoisotopic (exact) mass is 306 g/mol. The van der Waals surface area contributed by atoms with Gasteiger partial charge in [0.05, 0.1) is 7.85 Å². The molecule has 0 aromatic heterocycles. The van der Waals surface area contributed by atoms with E-state index in [9.17, 15) is 22.0 Å². The van der Waals surface area contributed by atoms with Gasteiger partial charge in [-0.15, -0.1) is 6.58 Å². The van der Waals surface area contributed by atoms with Crippen molar-refractivity contribution in [1.29, 1.82) is 0 Å². The average Bonchev–Trinajstić information content (AvgIpc) is 2.44. The summed E-state index contributed by atoms with van der Waals surface area (Å²) in [7, 11) is 5.31. The van der Waals surface area contributed by atoms with Crippen LogP contribution in [0.2, 0.25) is 0 Å². The van der Waals surface area contributed by atoms with Gasteiger partial charge in [0.25, 0.3) is 0 Å². The Morgan fingerprint density at radius 1 is 0.905 bits per heavy atom. The standard InChI is InChI=1S/C9H6BF5.C4H8.C2H6/c1-9(2,10)3-4(11)6(13)8(15)7(14)5(3)12;1-3-4-2;1-2/h1-2H3;3H,1,4H2,2H3;1-2H3. The smallest absolute Gasteiger partial charge is 0.200 e. The molecule has 1 aromatic rings. The van der Waals surface area contributed by atoms with E-state index in [1.807, 2.05) is 19.9 Å². The molecule has 21 heavy (non-hydrogen) atoms. The van der Waals surface area contributed by atoms with Crippen LogP contribution in [-0.2, 0) is 5.31 Å². The molecule has 0 unspecified atom stereocenters. The molecule has 0 N–H and O–H groups in total. The van der Waals surface area contributed by atoms with Crippen molar-refractivity contribution in [2.45, 2.75) is 46.4 Å². The Hall–Kier alpha value is -1.33. The number of allylic oxidation sites excluding steroid dienone is 1. The van der Waals surface area contributed by atoms with Crippen LogP contribution in [0.15, 0.2) is 12.7 Å². The molecule has 6 heteroatoms. The minimum absolute atomic E-state index is 1.01. The van der Waals surface area contributed by atoms with Crippen molar-refractivity contribution in [3.05, 3.63) is 47.3 Å². The molecule has 0 saturated heterocycles. The zero-order valence-corrected chi connectivity index (χ0v) is 13.0. The van der Waals surface area contributed by atoms with Crippen molar-refractivity contribution < 1.29 is 22.0 Å². The van der Waals surface area contributed by atoms with E-state index in [1.54, 1.807) is 0 Å². The summed E-state index contributed by atoms with van der Waals surface area (Å²) in [5.74, 6) is -9.93. The van der Waals surface area contributed by atoms with E-state index in [1.165, 1.54) is 0 Å². The number of rotatable bonds is 2. The minimum atomic E-state index is -2.18. The van der Waals surface area contributed by atoms with Crippen molar-refractivity contribution >= 4 is 7.85 Å². The van der Waals surface area contributed by atoms with E-state index in [2.05, 4.69) is 13.5 Å². The molecule has 0 aliphatic heterocycles. The van der Waals surface area contributed by atoms with E-state index in [4.69, 9.17) is 7.85 Å². The molecule has 0 amide bonds. The third-order valence-corrected chi connectivity index (χ3v) is 2.14. The van der Waals surface area contributed by atoms with Gasteiger partial charge in [-0.3, -0.25) is 0 Å². The fraction of sp³-hybridized carbons (Fsp3) is 0.467. The van der Waals surface area contributed by atoms with Crippen LogP contribution in [0.5, 0.6) is 0 Å². The van der Waals surface area contributed by atoms with Crippen LogP contribution in [0, 0.1) is 29.1 Å². The Morgan fingerprint density at radius 2 is 1.14 bits per heavy atom. The molecule has 2 radical (unpaired) electrons. The summed E-state index contributed by atoms with van der Waals surface area (Å²) in [6.07, 6.45) is 2.96. The zero-order valence-electron chi connectivity index (χ0n) is 13.0. The van der Waals surface area contributed by atoms with Crippen molar-refractivity contribution in [1.82, 2.24) is 0 Å². The minimum Gasteiger partial charge on any atom is -0.203 e. The second kappa shape index (κ2) is 9.58. The number of benzene rings is 1. The zero-order chi connectivity index (χ0) is 17.4. The lowest BCUT2D eigenvalue weighted by Gasteiger charge is -2.21. The Balaban J connectivity index is 0. The molecule has 0 saturated carbocycles. The lowest BCUT2D eigenvalue weighted by atomic mass is 9.67. The van der Waals surface area contributed by atoms with Crippen molar-refractivity contribution in [2.24, 2.45) is 0 Å². The van der Waals surface area contributed by atoms with Crippen molar-refractivity contribution in [3.63, 3.8) is 0 Å². The van der Waals surface area contributed by atoms with Gasteiger partial charge in [-0.05, 0) is 11.7 Å². The number of hydrogen-bond donors (Lipinski definition) is 0. The highest BCUT2D eigenvalue weighted by Gasteiger charge is 2.31. The molecular formula is C15H20BF5.